The predicted molar refractivity (Wildman–Crippen MR) is 393 cm³/mol. The molecule has 6 aromatic carbocycles. The second-order valence-corrected chi connectivity index (χ2v) is 33.8. The summed E-state index contributed by atoms with van der Waals surface area (Å²) in [5, 5.41) is 3.69. The molecule has 0 aliphatic carbocycles. The van der Waals surface area contributed by atoms with Gasteiger partial charge in [0.1, 0.15) is 0 Å². The Morgan fingerprint density at radius 2 is 0.562 bits per heavy atom. The van der Waals surface area contributed by atoms with Gasteiger partial charge in [-0.3, -0.25) is 47.9 Å². The van der Waals surface area contributed by atoms with Crippen LogP contribution in [0.15, 0.2) is 150 Å². The average molecular weight is 1320 g/mol. The molecule has 96 heavy (non-hydrogen) atoms. The number of rotatable bonds is 11. The van der Waals surface area contributed by atoms with Gasteiger partial charge in [0, 0.05) is 76.7 Å². The van der Waals surface area contributed by atoms with Gasteiger partial charge in [0.2, 0.25) is 11.6 Å². The molecule has 0 fully saturated rings. The van der Waals surface area contributed by atoms with Gasteiger partial charge in [-0.15, -0.1) is 11.3 Å². The monoisotopic (exact) mass is 1320 g/mol. The highest BCUT2D eigenvalue weighted by Gasteiger charge is 2.33. The van der Waals surface area contributed by atoms with Crippen molar-refractivity contribution in [3.63, 3.8) is 0 Å². The first-order chi connectivity index (χ1) is 43.7. The molecule has 0 saturated heterocycles. The normalized spacial score (nSPS) is 12.1. The molecule has 0 saturated carbocycles. The van der Waals surface area contributed by atoms with Crippen LogP contribution in [0.5, 0.6) is 0 Å². The van der Waals surface area contributed by atoms with E-state index in [2.05, 4.69) is 0 Å². The number of Topliss-reactive ketones (excluding diaryl/α,β-unsaturated/α-hetero) is 10. The highest BCUT2D eigenvalue weighted by atomic mass is 32.1. The number of thiophene rings is 1. The van der Waals surface area contributed by atoms with Crippen molar-refractivity contribution in [2.45, 2.75) is 180 Å². The molecule has 8 aromatic rings. The van der Waals surface area contributed by atoms with E-state index in [1.54, 1.807) is 48.5 Å². The van der Waals surface area contributed by atoms with Crippen LogP contribution in [0.1, 0.15) is 283 Å². The van der Waals surface area contributed by atoms with Gasteiger partial charge in [-0.1, -0.05) is 269 Å². The zero-order chi connectivity index (χ0) is 73.4. The second kappa shape index (κ2) is 30.7. The lowest BCUT2D eigenvalue weighted by Gasteiger charge is -2.21. The van der Waals surface area contributed by atoms with Crippen molar-refractivity contribution in [2.75, 3.05) is 0 Å². The molecule has 510 valence electrons. The van der Waals surface area contributed by atoms with E-state index in [-0.39, 0.29) is 69.4 Å². The van der Waals surface area contributed by atoms with Crippen LogP contribution in [0, 0.1) is 43.3 Å². The van der Waals surface area contributed by atoms with E-state index in [1.807, 2.05) is 263 Å². The molecular formula is C84H102O11S. The molecule has 0 unspecified atom stereocenters. The molecule has 0 aliphatic heterocycles. The van der Waals surface area contributed by atoms with Crippen molar-refractivity contribution in [1.29, 1.82) is 0 Å². The molecule has 2 aromatic heterocycles. The number of carbonyl (C=O) groups is 10. The lowest BCUT2D eigenvalue weighted by atomic mass is 9.80. The topological polar surface area (TPSA) is 184 Å². The van der Waals surface area contributed by atoms with Crippen LogP contribution in [-0.4, -0.2) is 57.8 Å². The Labute approximate surface area is 574 Å². The molecule has 0 atom stereocenters. The van der Waals surface area contributed by atoms with Crippen LogP contribution in [0.25, 0.3) is 32.7 Å². The summed E-state index contributed by atoms with van der Waals surface area (Å²) >= 11 is 1.25. The van der Waals surface area contributed by atoms with Crippen molar-refractivity contribution in [3.8, 4) is 11.1 Å². The number of hydrogen-bond donors (Lipinski definition) is 0. The SMILES string of the molecule is CC(=O)c1ccc(C(C)=O)s1.CC(C)(C)C(=O)c1ccc(C(=O)C(C)(C)C)c(-c2ccccc2)c1.CC(C)(C)C(=O)c1ccc(C(=O)C(C)(C)C)c2ccccc12.CC(C)(C)C(=O)c1ccc(C(=O)C(C)(C)C)o1.CC(C)(C)C(=O)c1ccc2cc(C(=O)C(C)(C)C)ccc2c1. The fourth-order valence-electron chi connectivity index (χ4n) is 9.51. The van der Waals surface area contributed by atoms with Crippen LogP contribution in [0.3, 0.4) is 0 Å². The Morgan fingerprint density at radius 3 is 0.865 bits per heavy atom. The summed E-state index contributed by atoms with van der Waals surface area (Å²) in [6.07, 6.45) is 0. The summed E-state index contributed by atoms with van der Waals surface area (Å²) in [7, 11) is 0. The molecule has 0 radical (unpaired) electrons. The first-order valence-electron chi connectivity index (χ1n) is 32.5. The molecule has 8 rings (SSSR count). The summed E-state index contributed by atoms with van der Waals surface area (Å²) in [4.78, 5) is 122. The van der Waals surface area contributed by atoms with Crippen molar-refractivity contribution in [2.24, 2.45) is 43.3 Å². The Morgan fingerprint density at radius 1 is 0.281 bits per heavy atom. The fourth-order valence-corrected chi connectivity index (χ4v) is 10.3. The Balaban J connectivity index is 0.000000260. The molecule has 11 nitrogen and oxygen atoms in total. The van der Waals surface area contributed by atoms with E-state index in [9.17, 15) is 47.9 Å². The van der Waals surface area contributed by atoms with Crippen molar-refractivity contribution < 1.29 is 52.4 Å². The molecule has 0 spiro atoms. The molecule has 12 heteroatoms. The second-order valence-electron chi connectivity index (χ2n) is 32.7. The van der Waals surface area contributed by atoms with Gasteiger partial charge >= 0.3 is 0 Å². The number of carbonyl (C=O) groups excluding carboxylic acids is 10. The summed E-state index contributed by atoms with van der Waals surface area (Å²) in [5.41, 5.74) is 2.29. The maximum atomic E-state index is 12.9. The highest BCUT2D eigenvalue weighted by molar-refractivity contribution is 7.16. The number of hydrogen-bond acceptors (Lipinski definition) is 12. The van der Waals surface area contributed by atoms with Gasteiger partial charge in [-0.05, 0) is 89.0 Å². The molecule has 0 amide bonds. The van der Waals surface area contributed by atoms with E-state index in [0.29, 0.717) is 32.0 Å². The quantitative estimate of drug-likeness (QED) is 0.112. The largest absolute Gasteiger partial charge is 0.450 e. The van der Waals surface area contributed by atoms with E-state index in [0.717, 1.165) is 43.8 Å². The van der Waals surface area contributed by atoms with Crippen molar-refractivity contribution in [1.82, 2.24) is 0 Å². The minimum atomic E-state index is -0.500. The van der Waals surface area contributed by atoms with Crippen LogP contribution >= 0.6 is 11.3 Å². The first-order valence-corrected chi connectivity index (χ1v) is 33.4. The lowest BCUT2D eigenvalue weighted by Crippen LogP contribution is -2.23. The van der Waals surface area contributed by atoms with Gasteiger partial charge in [0.05, 0.1) is 9.75 Å². The molecular weight excluding hydrogens is 1220 g/mol. The van der Waals surface area contributed by atoms with Crippen LogP contribution in [-0.2, 0) is 0 Å². The van der Waals surface area contributed by atoms with Crippen LogP contribution in [0.2, 0.25) is 0 Å². The van der Waals surface area contributed by atoms with Crippen LogP contribution in [0.4, 0.5) is 0 Å². The average Bonchev–Trinajstić information content (AvgIpc) is 0.971. The standard InChI is InChI=1S/C22H26O2.2C20H24O2.C14H20O3.C8H8O2S/c1-21(2,3)19(23)16-12-13-17(20(24)22(4,5)6)18(14-16)15-10-8-7-9-11-15;1-19(2,3)17(21)15-9-7-14-12-16(10-8-13(14)11-15)18(22)20(4,5)6;1-19(2,3)17(21)15-11-12-16(18(22)20(4,5)6)14-10-8-7-9-13(14)15;1-13(2,3)11(15)9-7-8-10(17-9)12(16)14(4,5)6;1-5(9)7-3-4-8(11-7)6(2)10/h7-14H,1-6H3;2*7-12H,1-6H3;7-8H,1-6H3;3-4H,1-2H3. The molecule has 0 aliphatic rings. The van der Waals surface area contributed by atoms with Gasteiger partial charge < -0.3 is 4.42 Å². The third-order valence-electron chi connectivity index (χ3n) is 15.2. The summed E-state index contributed by atoms with van der Waals surface area (Å²) < 4.78 is 5.36. The van der Waals surface area contributed by atoms with E-state index < -0.39 is 43.3 Å². The lowest BCUT2D eigenvalue weighted by molar-refractivity contribution is 0.0794. The molecule has 0 bridgehead atoms. The minimum absolute atomic E-state index is 0.0162. The van der Waals surface area contributed by atoms with Crippen molar-refractivity contribution >= 4 is 90.7 Å². The number of ketones is 10. The van der Waals surface area contributed by atoms with E-state index in [1.165, 1.54) is 25.2 Å². The maximum absolute atomic E-state index is 12.9. The van der Waals surface area contributed by atoms with Gasteiger partial charge in [0.25, 0.3) is 0 Å². The summed E-state index contributed by atoms with van der Waals surface area (Å²) in [6, 6.07) is 44.4. The van der Waals surface area contributed by atoms with Gasteiger partial charge in [-0.25, -0.2) is 0 Å². The molecule has 0 N–H and O–H groups in total. The molecule has 2 heterocycles. The smallest absolute Gasteiger partial charge is 0.203 e. The fraction of sp³-hybridized carbons (Fsp3) is 0.405. The number of benzene rings is 6. The Hall–Kier alpha value is -8.48. The Kier molecular flexibility index (Phi) is 25.6. The highest BCUT2D eigenvalue weighted by Crippen LogP contribution is 2.36. The summed E-state index contributed by atoms with van der Waals surface area (Å²) in [5.74, 6) is 0.965. The first kappa shape index (κ1) is 80.0. The van der Waals surface area contributed by atoms with E-state index in [4.69, 9.17) is 4.42 Å². The zero-order valence-electron chi connectivity index (χ0n) is 61.8. The van der Waals surface area contributed by atoms with Crippen LogP contribution < -0.4 is 0 Å². The third kappa shape index (κ3) is 21.5. The predicted octanol–water partition coefficient (Wildman–Crippen LogP) is 22.3. The number of furan rings is 1. The summed E-state index contributed by atoms with van der Waals surface area (Å²) in [6.45, 7) is 48.4. The maximum Gasteiger partial charge on any atom is 0.203 e. The third-order valence-corrected chi connectivity index (χ3v) is 16.5. The number of fused-ring (bicyclic) bond motifs is 2. The minimum Gasteiger partial charge on any atom is -0.450 e. The Bertz CT molecular complexity index is 4020. The zero-order valence-corrected chi connectivity index (χ0v) is 62.6. The van der Waals surface area contributed by atoms with Gasteiger partial charge in [-0.2, -0.15) is 0 Å². The van der Waals surface area contributed by atoms with E-state index >= 15 is 0 Å². The van der Waals surface area contributed by atoms with Crippen molar-refractivity contribution in [3.05, 3.63) is 200 Å². The van der Waals surface area contributed by atoms with Gasteiger partial charge in [0.15, 0.2) is 57.8 Å².